The molecule has 5 nitrogen and oxygen atoms in total. The molecule has 0 atom stereocenters. The molecule has 0 N–H and O–H groups in total. The summed E-state index contributed by atoms with van der Waals surface area (Å²) in [4.78, 5) is 20.9. The molecule has 0 spiro atoms. The summed E-state index contributed by atoms with van der Waals surface area (Å²) >= 11 is 0. The summed E-state index contributed by atoms with van der Waals surface area (Å²) in [5.41, 5.74) is 0. The lowest BCUT2D eigenvalue weighted by atomic mass is 9.98. The van der Waals surface area contributed by atoms with Gasteiger partial charge in [-0.25, -0.2) is 4.98 Å². The Hall–Kier alpha value is -1.62. The number of nitrogens with zero attached hydrogens (tertiary/aromatic N) is 3. The molecule has 107 valence electrons. The van der Waals surface area contributed by atoms with Crippen molar-refractivity contribution in [2.24, 2.45) is 5.92 Å². The minimum atomic E-state index is 0.164. The van der Waals surface area contributed by atoms with Gasteiger partial charge in [0.15, 0.2) is 0 Å². The minimum Gasteiger partial charge on any atom is -0.381 e. The number of amides is 1. The van der Waals surface area contributed by atoms with Crippen molar-refractivity contribution in [3.63, 3.8) is 0 Å². The molecule has 2 saturated heterocycles. The van der Waals surface area contributed by atoms with E-state index in [0.717, 1.165) is 58.1 Å². The summed E-state index contributed by atoms with van der Waals surface area (Å²) in [5, 5.41) is 0. The molecule has 0 saturated carbocycles. The Bertz CT molecular complexity index is 438. The van der Waals surface area contributed by atoms with Crippen LogP contribution in [0, 0.1) is 12.0 Å². The van der Waals surface area contributed by atoms with Crippen LogP contribution in [0.15, 0.2) is 18.3 Å². The molecule has 2 fully saturated rings. The van der Waals surface area contributed by atoms with Gasteiger partial charge in [-0.3, -0.25) is 4.79 Å². The van der Waals surface area contributed by atoms with Crippen LogP contribution < -0.4 is 4.90 Å². The van der Waals surface area contributed by atoms with Crippen LogP contribution in [0.4, 0.5) is 5.82 Å². The van der Waals surface area contributed by atoms with Gasteiger partial charge in [0.25, 0.3) is 0 Å². The van der Waals surface area contributed by atoms with Crippen molar-refractivity contribution in [3.05, 3.63) is 24.4 Å². The molecular formula is C15H20N3O2. The molecule has 0 bridgehead atoms. The number of anilines is 1. The fourth-order valence-electron chi connectivity index (χ4n) is 2.83. The topological polar surface area (TPSA) is 45.7 Å². The quantitative estimate of drug-likeness (QED) is 0.806. The Balaban J connectivity index is 1.54. The lowest BCUT2D eigenvalue weighted by molar-refractivity contribution is -0.138. The third-order valence-corrected chi connectivity index (χ3v) is 4.05. The molecule has 1 aromatic rings. The Morgan fingerprint density at radius 3 is 2.65 bits per heavy atom. The molecule has 3 rings (SSSR count). The fourth-order valence-corrected chi connectivity index (χ4v) is 2.83. The van der Waals surface area contributed by atoms with Gasteiger partial charge in [-0.1, -0.05) is 0 Å². The summed E-state index contributed by atoms with van der Waals surface area (Å²) in [6.45, 7) is 4.67. The van der Waals surface area contributed by atoms with Gasteiger partial charge in [0, 0.05) is 57.6 Å². The van der Waals surface area contributed by atoms with Gasteiger partial charge in [0.05, 0.1) is 0 Å². The van der Waals surface area contributed by atoms with E-state index in [4.69, 9.17) is 4.74 Å². The van der Waals surface area contributed by atoms with E-state index in [0.29, 0.717) is 5.91 Å². The van der Waals surface area contributed by atoms with Crippen molar-refractivity contribution >= 4 is 11.7 Å². The highest BCUT2D eigenvalue weighted by Crippen LogP contribution is 2.19. The maximum absolute atomic E-state index is 12.4. The lowest BCUT2D eigenvalue weighted by Crippen LogP contribution is -2.51. The summed E-state index contributed by atoms with van der Waals surface area (Å²) in [6.07, 6.45) is 3.52. The molecule has 1 amide bonds. The van der Waals surface area contributed by atoms with E-state index in [-0.39, 0.29) is 5.92 Å². The maximum atomic E-state index is 12.4. The zero-order valence-corrected chi connectivity index (χ0v) is 11.6. The van der Waals surface area contributed by atoms with Crippen LogP contribution in [-0.4, -0.2) is 55.2 Å². The zero-order valence-electron chi connectivity index (χ0n) is 11.6. The summed E-state index contributed by atoms with van der Waals surface area (Å²) < 4.78 is 5.32. The first-order chi connectivity index (χ1) is 9.84. The van der Waals surface area contributed by atoms with Gasteiger partial charge < -0.3 is 14.5 Å². The normalized spacial score (nSPS) is 21.0. The molecule has 3 heterocycles. The maximum Gasteiger partial charge on any atom is 0.225 e. The standard InChI is InChI=1S/C15H20N3O2/c19-15(13-4-11-20-12-5-13)18-9-7-17(8-10-18)14-3-1-2-6-16-14/h1-2,6,13H,4-5,7-12H2. The van der Waals surface area contributed by atoms with Crippen molar-refractivity contribution in [3.8, 4) is 0 Å². The van der Waals surface area contributed by atoms with Crippen molar-refractivity contribution < 1.29 is 9.53 Å². The second-order valence-electron chi connectivity index (χ2n) is 5.30. The Morgan fingerprint density at radius 1 is 1.25 bits per heavy atom. The van der Waals surface area contributed by atoms with Gasteiger partial charge in [-0.15, -0.1) is 0 Å². The Kier molecular flexibility index (Phi) is 4.16. The summed E-state index contributed by atoms with van der Waals surface area (Å²) in [5.74, 6) is 1.35. The van der Waals surface area contributed by atoms with Crippen LogP contribution in [-0.2, 0) is 9.53 Å². The van der Waals surface area contributed by atoms with Crippen LogP contribution in [0.25, 0.3) is 0 Å². The molecule has 1 aromatic heterocycles. The molecule has 0 aromatic carbocycles. The van der Waals surface area contributed by atoms with Gasteiger partial charge in [0.1, 0.15) is 5.82 Å². The number of rotatable bonds is 2. The number of carbonyl (C=O) groups excluding carboxylic acids is 1. The van der Waals surface area contributed by atoms with Crippen molar-refractivity contribution in [1.29, 1.82) is 0 Å². The molecule has 1 radical (unpaired) electrons. The van der Waals surface area contributed by atoms with E-state index in [1.165, 1.54) is 0 Å². The summed E-state index contributed by atoms with van der Waals surface area (Å²) in [7, 11) is 0. The largest absolute Gasteiger partial charge is 0.381 e. The Morgan fingerprint density at radius 2 is 2.00 bits per heavy atom. The average Bonchev–Trinajstić information content (AvgIpc) is 2.56. The van der Waals surface area contributed by atoms with E-state index in [1.807, 2.05) is 17.0 Å². The second-order valence-corrected chi connectivity index (χ2v) is 5.30. The molecule has 2 aliphatic rings. The van der Waals surface area contributed by atoms with Crippen molar-refractivity contribution in [1.82, 2.24) is 9.88 Å². The highest BCUT2D eigenvalue weighted by Gasteiger charge is 2.28. The predicted molar refractivity (Wildman–Crippen MR) is 75.4 cm³/mol. The van der Waals surface area contributed by atoms with Gasteiger partial charge in [-0.2, -0.15) is 0 Å². The van der Waals surface area contributed by atoms with Gasteiger partial charge in [-0.05, 0) is 25.0 Å². The number of carbonyl (C=O) groups is 1. The number of hydrogen-bond donors (Lipinski definition) is 0. The van der Waals surface area contributed by atoms with Gasteiger partial charge >= 0.3 is 0 Å². The second kappa shape index (κ2) is 6.22. The van der Waals surface area contributed by atoms with Crippen LogP contribution in [0.5, 0.6) is 0 Å². The first kappa shape index (κ1) is 13.4. The van der Waals surface area contributed by atoms with Crippen LogP contribution in [0.3, 0.4) is 0 Å². The first-order valence-corrected chi connectivity index (χ1v) is 7.29. The molecule has 5 heteroatoms. The monoisotopic (exact) mass is 274 g/mol. The highest BCUT2D eigenvalue weighted by atomic mass is 16.5. The molecule has 2 aliphatic heterocycles. The van der Waals surface area contributed by atoms with Crippen LogP contribution in [0.1, 0.15) is 12.8 Å². The van der Waals surface area contributed by atoms with Crippen LogP contribution in [0.2, 0.25) is 0 Å². The lowest BCUT2D eigenvalue weighted by Gasteiger charge is -2.37. The Labute approximate surface area is 119 Å². The van der Waals surface area contributed by atoms with E-state index < -0.39 is 0 Å². The van der Waals surface area contributed by atoms with E-state index in [1.54, 1.807) is 6.20 Å². The van der Waals surface area contributed by atoms with E-state index >= 15 is 0 Å². The zero-order chi connectivity index (χ0) is 13.8. The molecule has 0 unspecified atom stereocenters. The number of aromatic nitrogens is 1. The number of ether oxygens (including phenoxy) is 1. The third kappa shape index (κ3) is 2.93. The molecular weight excluding hydrogens is 254 g/mol. The molecule has 20 heavy (non-hydrogen) atoms. The van der Waals surface area contributed by atoms with Crippen molar-refractivity contribution in [2.75, 3.05) is 44.3 Å². The average molecular weight is 274 g/mol. The molecule has 0 aliphatic carbocycles. The van der Waals surface area contributed by atoms with Crippen molar-refractivity contribution in [2.45, 2.75) is 12.8 Å². The van der Waals surface area contributed by atoms with E-state index in [2.05, 4.69) is 16.0 Å². The first-order valence-electron chi connectivity index (χ1n) is 7.29. The summed E-state index contributed by atoms with van der Waals surface area (Å²) in [6, 6.07) is 6.89. The highest BCUT2D eigenvalue weighted by molar-refractivity contribution is 5.79. The third-order valence-electron chi connectivity index (χ3n) is 4.05. The van der Waals surface area contributed by atoms with Gasteiger partial charge in [0.2, 0.25) is 5.91 Å². The minimum absolute atomic E-state index is 0.164. The number of pyridine rings is 1. The number of hydrogen-bond acceptors (Lipinski definition) is 4. The van der Waals surface area contributed by atoms with Crippen LogP contribution >= 0.6 is 0 Å². The fraction of sp³-hybridized carbons (Fsp3) is 0.600. The smallest absolute Gasteiger partial charge is 0.225 e. The van der Waals surface area contributed by atoms with E-state index in [9.17, 15) is 4.79 Å². The number of piperazine rings is 1. The predicted octanol–water partition coefficient (Wildman–Crippen LogP) is 0.957. The SMILES string of the molecule is O=C(C1CCOCC1)N1CCN(c2[c]cccn2)CC1.